The number of hydrogen-bond acceptors (Lipinski definition) is 2. The zero-order valence-corrected chi connectivity index (χ0v) is 12.7. The van der Waals surface area contributed by atoms with E-state index in [2.05, 4.69) is 12.2 Å². The Morgan fingerprint density at radius 2 is 2.05 bits per heavy atom. The van der Waals surface area contributed by atoms with Crippen LogP contribution in [0.3, 0.4) is 0 Å². The van der Waals surface area contributed by atoms with Gasteiger partial charge in [0.05, 0.1) is 10.9 Å². The summed E-state index contributed by atoms with van der Waals surface area (Å²) in [5, 5.41) is 3.00. The standard InChI is InChI=1S/C16H22N2OS/c1-11(13-7-8-13)10-18-16(19)14(15(17)20)9-12-5-3-2-4-6-12/h2-6,11,13-14H,7-10H2,1H3,(H2,17,20)(H,18,19). The molecule has 3 nitrogen and oxygen atoms in total. The predicted octanol–water partition coefficient (Wildman–Crippen LogP) is 2.29. The first-order valence-corrected chi connectivity index (χ1v) is 7.59. The van der Waals surface area contributed by atoms with Gasteiger partial charge in [0.15, 0.2) is 0 Å². The van der Waals surface area contributed by atoms with Crippen molar-refractivity contribution >= 4 is 23.1 Å². The van der Waals surface area contributed by atoms with Gasteiger partial charge in [-0.15, -0.1) is 0 Å². The van der Waals surface area contributed by atoms with E-state index in [-0.39, 0.29) is 10.9 Å². The second-order valence-electron chi connectivity index (χ2n) is 5.70. The van der Waals surface area contributed by atoms with Crippen LogP contribution in [0.25, 0.3) is 0 Å². The molecule has 1 fully saturated rings. The van der Waals surface area contributed by atoms with Crippen molar-refractivity contribution < 1.29 is 4.79 Å². The molecule has 1 saturated carbocycles. The van der Waals surface area contributed by atoms with Gasteiger partial charge >= 0.3 is 0 Å². The molecule has 2 unspecified atom stereocenters. The Kier molecular flexibility index (Phi) is 5.12. The van der Waals surface area contributed by atoms with Gasteiger partial charge in [0, 0.05) is 6.54 Å². The summed E-state index contributed by atoms with van der Waals surface area (Å²) in [4.78, 5) is 12.5. The van der Waals surface area contributed by atoms with Crippen molar-refractivity contribution in [1.29, 1.82) is 0 Å². The number of carbonyl (C=O) groups is 1. The largest absolute Gasteiger partial charge is 0.393 e. The van der Waals surface area contributed by atoms with Crippen molar-refractivity contribution in [3.63, 3.8) is 0 Å². The van der Waals surface area contributed by atoms with Crippen molar-refractivity contribution in [1.82, 2.24) is 5.32 Å². The number of amides is 1. The van der Waals surface area contributed by atoms with Crippen molar-refractivity contribution in [3.8, 4) is 0 Å². The molecule has 1 aromatic rings. The second kappa shape index (κ2) is 6.84. The quantitative estimate of drug-likeness (QED) is 0.758. The average molecular weight is 290 g/mol. The third-order valence-electron chi connectivity index (χ3n) is 3.97. The zero-order valence-electron chi connectivity index (χ0n) is 11.8. The van der Waals surface area contributed by atoms with Crippen molar-refractivity contribution in [3.05, 3.63) is 35.9 Å². The van der Waals surface area contributed by atoms with Crippen LogP contribution in [0, 0.1) is 17.8 Å². The first-order chi connectivity index (χ1) is 9.58. The van der Waals surface area contributed by atoms with E-state index in [4.69, 9.17) is 18.0 Å². The smallest absolute Gasteiger partial charge is 0.230 e. The minimum absolute atomic E-state index is 0.0474. The highest BCUT2D eigenvalue weighted by molar-refractivity contribution is 7.80. The molecule has 108 valence electrons. The molecule has 3 N–H and O–H groups in total. The monoisotopic (exact) mass is 290 g/mol. The molecule has 0 aliphatic heterocycles. The lowest BCUT2D eigenvalue weighted by Gasteiger charge is -2.18. The Balaban J connectivity index is 1.90. The fourth-order valence-corrected chi connectivity index (χ4v) is 2.58. The van der Waals surface area contributed by atoms with E-state index in [0.717, 1.165) is 18.0 Å². The van der Waals surface area contributed by atoms with Crippen molar-refractivity contribution in [2.75, 3.05) is 6.54 Å². The maximum absolute atomic E-state index is 12.3. The highest BCUT2D eigenvalue weighted by Crippen LogP contribution is 2.36. The Bertz CT molecular complexity index is 471. The molecule has 0 aromatic heterocycles. The van der Waals surface area contributed by atoms with Gasteiger partial charge in [-0.3, -0.25) is 4.79 Å². The van der Waals surface area contributed by atoms with E-state index < -0.39 is 5.92 Å². The number of carbonyl (C=O) groups excluding carboxylic acids is 1. The minimum atomic E-state index is -0.418. The molecule has 1 aromatic carbocycles. The van der Waals surface area contributed by atoms with Gasteiger partial charge in [0.2, 0.25) is 5.91 Å². The molecule has 1 aliphatic carbocycles. The highest BCUT2D eigenvalue weighted by Gasteiger charge is 2.29. The van der Waals surface area contributed by atoms with E-state index in [9.17, 15) is 4.79 Å². The van der Waals surface area contributed by atoms with Gasteiger partial charge in [-0.25, -0.2) is 0 Å². The lowest BCUT2D eigenvalue weighted by molar-refractivity contribution is -0.123. The Hall–Kier alpha value is -1.42. The maximum atomic E-state index is 12.3. The topological polar surface area (TPSA) is 55.1 Å². The molecule has 1 aliphatic rings. The lowest BCUT2D eigenvalue weighted by Crippen LogP contribution is -2.41. The summed E-state index contributed by atoms with van der Waals surface area (Å²) in [5.41, 5.74) is 6.81. The molecule has 0 radical (unpaired) electrons. The fourth-order valence-electron chi connectivity index (χ4n) is 2.39. The van der Waals surface area contributed by atoms with Crippen LogP contribution in [0.4, 0.5) is 0 Å². The Labute approximate surface area is 125 Å². The fraction of sp³-hybridized carbons (Fsp3) is 0.500. The highest BCUT2D eigenvalue weighted by atomic mass is 32.1. The number of nitrogens with two attached hydrogens (primary N) is 1. The van der Waals surface area contributed by atoms with E-state index in [1.807, 2.05) is 30.3 Å². The molecule has 20 heavy (non-hydrogen) atoms. The lowest BCUT2D eigenvalue weighted by atomic mass is 9.98. The van der Waals surface area contributed by atoms with E-state index in [1.165, 1.54) is 12.8 Å². The van der Waals surface area contributed by atoms with Crippen LogP contribution in [0.15, 0.2) is 30.3 Å². The summed E-state index contributed by atoms with van der Waals surface area (Å²) in [7, 11) is 0. The SMILES string of the molecule is CC(CNC(=O)C(Cc1ccccc1)C(N)=S)C1CC1. The molecule has 0 heterocycles. The van der Waals surface area contributed by atoms with Crippen LogP contribution in [0.5, 0.6) is 0 Å². The number of nitrogens with one attached hydrogen (secondary N) is 1. The molecule has 2 rings (SSSR count). The third-order valence-corrected chi connectivity index (χ3v) is 4.25. The summed E-state index contributed by atoms with van der Waals surface area (Å²) in [6.45, 7) is 2.91. The van der Waals surface area contributed by atoms with Gasteiger partial charge in [-0.1, -0.05) is 49.5 Å². The first kappa shape index (κ1) is 15.0. The summed E-state index contributed by atoms with van der Waals surface area (Å²) in [6.07, 6.45) is 3.15. The zero-order chi connectivity index (χ0) is 14.5. The summed E-state index contributed by atoms with van der Waals surface area (Å²) in [6, 6.07) is 9.85. The normalized spacial score (nSPS) is 17.2. The molecule has 4 heteroatoms. The molecule has 0 spiro atoms. The number of rotatable bonds is 7. The van der Waals surface area contributed by atoms with E-state index in [1.54, 1.807) is 0 Å². The van der Waals surface area contributed by atoms with E-state index >= 15 is 0 Å². The minimum Gasteiger partial charge on any atom is -0.393 e. The van der Waals surface area contributed by atoms with Crippen molar-refractivity contribution in [2.45, 2.75) is 26.2 Å². The molecular weight excluding hydrogens is 268 g/mol. The maximum Gasteiger partial charge on any atom is 0.230 e. The van der Waals surface area contributed by atoms with Crippen LogP contribution < -0.4 is 11.1 Å². The summed E-state index contributed by atoms with van der Waals surface area (Å²) < 4.78 is 0. The van der Waals surface area contributed by atoms with Gasteiger partial charge in [-0.05, 0) is 36.7 Å². The molecule has 0 bridgehead atoms. The number of hydrogen-bond donors (Lipinski definition) is 2. The summed E-state index contributed by atoms with van der Waals surface area (Å²) >= 11 is 5.05. The van der Waals surface area contributed by atoms with Gasteiger partial charge in [-0.2, -0.15) is 0 Å². The molecule has 2 atom stereocenters. The van der Waals surface area contributed by atoms with Crippen molar-refractivity contribution in [2.24, 2.45) is 23.5 Å². The second-order valence-corrected chi connectivity index (χ2v) is 6.18. The molecular formula is C16H22N2OS. The Morgan fingerprint density at radius 3 is 2.60 bits per heavy atom. The molecule has 0 saturated heterocycles. The average Bonchev–Trinajstić information content (AvgIpc) is 3.27. The van der Waals surface area contributed by atoms with Gasteiger partial charge < -0.3 is 11.1 Å². The first-order valence-electron chi connectivity index (χ1n) is 7.19. The van der Waals surface area contributed by atoms with Crippen LogP contribution in [-0.2, 0) is 11.2 Å². The van der Waals surface area contributed by atoms with Crippen LogP contribution in [0.1, 0.15) is 25.3 Å². The molecule has 1 amide bonds. The van der Waals surface area contributed by atoms with Gasteiger partial charge in [0.1, 0.15) is 0 Å². The number of benzene rings is 1. The van der Waals surface area contributed by atoms with Crippen LogP contribution >= 0.6 is 12.2 Å². The van der Waals surface area contributed by atoms with Crippen LogP contribution in [0.2, 0.25) is 0 Å². The number of thiocarbonyl (C=S) groups is 1. The summed E-state index contributed by atoms with van der Waals surface area (Å²) in [5.74, 6) is 0.864. The Morgan fingerprint density at radius 1 is 1.40 bits per heavy atom. The van der Waals surface area contributed by atoms with Crippen LogP contribution in [-0.4, -0.2) is 17.4 Å². The third kappa shape index (κ3) is 4.30. The predicted molar refractivity (Wildman–Crippen MR) is 85.3 cm³/mol. The van der Waals surface area contributed by atoms with E-state index in [0.29, 0.717) is 12.3 Å². The van der Waals surface area contributed by atoms with Gasteiger partial charge in [0.25, 0.3) is 0 Å².